The molecule has 0 bridgehead atoms. The molecule has 0 fully saturated rings. The molecule has 0 saturated heterocycles. The molecule has 0 unspecified atom stereocenters. The van der Waals surface area contributed by atoms with Crippen molar-refractivity contribution in [3.05, 3.63) is 65.7 Å². The largest absolute Gasteiger partial charge is 0.368 e. The van der Waals surface area contributed by atoms with Gasteiger partial charge in [0.2, 0.25) is 11.9 Å². The van der Waals surface area contributed by atoms with Crippen LogP contribution >= 0.6 is 0 Å². The smallest absolute Gasteiger partial charge is 0.349 e. The summed E-state index contributed by atoms with van der Waals surface area (Å²) in [5.41, 5.74) is 9.55. The van der Waals surface area contributed by atoms with Crippen molar-refractivity contribution >= 4 is 46.7 Å². The number of carbonyl (C=O) groups excluding carboxylic acids is 3. The molecule has 0 spiro atoms. The Balaban J connectivity index is 1.39. The summed E-state index contributed by atoms with van der Waals surface area (Å²) < 4.78 is 0.955. The second-order valence-corrected chi connectivity index (χ2v) is 8.11. The lowest BCUT2D eigenvalue weighted by Gasteiger charge is -2.26. The Morgan fingerprint density at radius 1 is 1.03 bits per heavy atom. The summed E-state index contributed by atoms with van der Waals surface area (Å²) in [7, 11) is 1.56. The maximum atomic E-state index is 12.7. The topological polar surface area (TPSA) is 147 Å². The van der Waals surface area contributed by atoms with Crippen LogP contribution in [0.25, 0.3) is 5.57 Å². The van der Waals surface area contributed by atoms with E-state index < -0.39 is 6.03 Å². The molecular formula is C26H26N8O3. The molecule has 1 aliphatic heterocycles. The van der Waals surface area contributed by atoms with E-state index in [2.05, 4.69) is 43.9 Å². The number of amides is 3. The van der Waals surface area contributed by atoms with Gasteiger partial charge in [0.15, 0.2) is 0 Å². The van der Waals surface area contributed by atoms with E-state index in [-0.39, 0.29) is 23.7 Å². The van der Waals surface area contributed by atoms with Gasteiger partial charge in [-0.15, -0.1) is 9.78 Å². The van der Waals surface area contributed by atoms with Crippen molar-refractivity contribution in [3.63, 3.8) is 0 Å². The number of nitrogens with zero attached hydrogens (tertiary/aromatic N) is 4. The van der Waals surface area contributed by atoms with Crippen LogP contribution in [-0.2, 0) is 4.79 Å². The van der Waals surface area contributed by atoms with Gasteiger partial charge in [-0.2, -0.15) is 4.98 Å². The first kappa shape index (κ1) is 25.0. The maximum Gasteiger partial charge on any atom is 0.349 e. The first-order valence-corrected chi connectivity index (χ1v) is 11.5. The summed E-state index contributed by atoms with van der Waals surface area (Å²) in [5.74, 6) is 4.89. The summed E-state index contributed by atoms with van der Waals surface area (Å²) in [6.07, 6.45) is 2.86. The summed E-state index contributed by atoms with van der Waals surface area (Å²) in [6.45, 7) is 2.77. The zero-order chi connectivity index (χ0) is 26.4. The molecule has 2 aromatic carbocycles. The average molecular weight is 499 g/mol. The number of nitrogens with one attached hydrogen (secondary N) is 3. The van der Waals surface area contributed by atoms with Gasteiger partial charge in [0.05, 0.1) is 0 Å². The lowest BCUT2D eigenvalue weighted by Crippen LogP contribution is -2.34. The van der Waals surface area contributed by atoms with Gasteiger partial charge in [-0.25, -0.2) is 4.79 Å². The highest BCUT2D eigenvalue weighted by Gasteiger charge is 2.18. The first-order chi connectivity index (χ1) is 17.9. The average Bonchev–Trinajstić information content (AvgIpc) is 3.29. The number of hydrogen-bond donors (Lipinski definition) is 4. The zero-order valence-electron chi connectivity index (χ0n) is 20.4. The van der Waals surface area contributed by atoms with Crippen LogP contribution in [0.2, 0.25) is 0 Å². The number of nitrogens with two attached hydrogens (primary N) is 1. The molecule has 0 atom stereocenters. The molecule has 0 aliphatic carbocycles. The minimum atomic E-state index is -0.576. The SMILES string of the molecule is CC#CC(=O)N1CCC=C(c2ccc(NC(=O)n3nc(Nc4ccc(C(=O)NC)cc4)nc3N)cc2)C1. The van der Waals surface area contributed by atoms with Crippen LogP contribution in [-0.4, -0.2) is 57.6 Å². The normalized spacial score (nSPS) is 12.6. The van der Waals surface area contributed by atoms with E-state index in [0.717, 1.165) is 22.2 Å². The van der Waals surface area contributed by atoms with E-state index >= 15 is 0 Å². The van der Waals surface area contributed by atoms with Crippen molar-refractivity contribution in [2.24, 2.45) is 0 Å². The summed E-state index contributed by atoms with van der Waals surface area (Å²) in [6, 6.07) is 13.4. The number of rotatable bonds is 5. The monoisotopic (exact) mass is 498 g/mol. The van der Waals surface area contributed by atoms with E-state index in [0.29, 0.717) is 30.0 Å². The van der Waals surface area contributed by atoms with Crippen molar-refractivity contribution in [1.29, 1.82) is 0 Å². The minimum absolute atomic E-state index is 0.0918. The molecule has 1 aromatic heterocycles. The maximum absolute atomic E-state index is 12.7. The quantitative estimate of drug-likeness (QED) is 0.395. The first-order valence-electron chi connectivity index (χ1n) is 11.5. The highest BCUT2D eigenvalue weighted by Crippen LogP contribution is 2.23. The Morgan fingerprint density at radius 3 is 2.41 bits per heavy atom. The lowest BCUT2D eigenvalue weighted by molar-refractivity contribution is -0.124. The number of nitrogen functional groups attached to an aromatic ring is 1. The summed E-state index contributed by atoms with van der Waals surface area (Å²) in [4.78, 5) is 42.3. The van der Waals surface area contributed by atoms with E-state index in [9.17, 15) is 14.4 Å². The van der Waals surface area contributed by atoms with Crippen molar-refractivity contribution in [1.82, 2.24) is 25.0 Å². The minimum Gasteiger partial charge on any atom is -0.368 e. The van der Waals surface area contributed by atoms with Crippen LogP contribution in [0.5, 0.6) is 0 Å². The third-order valence-electron chi connectivity index (χ3n) is 5.63. The highest BCUT2D eigenvalue weighted by atomic mass is 16.2. The standard InChI is InChI=1S/C26H26N8O3/c1-3-5-22(35)33-15-4-6-19(16-33)17-7-11-21(12-8-17)30-26(37)34-24(27)31-25(32-34)29-20-13-9-18(10-14-20)23(36)28-2/h6-14H,4,15-16H2,1-2H3,(H,28,36)(H,30,37)(H3,27,29,31,32). The number of aromatic nitrogens is 3. The molecule has 37 heavy (non-hydrogen) atoms. The molecule has 0 radical (unpaired) electrons. The van der Waals surface area contributed by atoms with Crippen LogP contribution < -0.4 is 21.7 Å². The molecule has 188 valence electrons. The Labute approximate surface area is 213 Å². The number of hydrogen-bond acceptors (Lipinski definition) is 7. The van der Waals surface area contributed by atoms with Gasteiger partial charge < -0.3 is 26.6 Å². The molecule has 11 heteroatoms. The van der Waals surface area contributed by atoms with Gasteiger partial charge in [0.25, 0.3) is 11.8 Å². The predicted molar refractivity (Wildman–Crippen MR) is 141 cm³/mol. The van der Waals surface area contributed by atoms with Gasteiger partial charge >= 0.3 is 6.03 Å². The molecule has 0 saturated carbocycles. The Hall–Kier alpha value is -5.11. The second-order valence-electron chi connectivity index (χ2n) is 8.11. The van der Waals surface area contributed by atoms with Gasteiger partial charge in [0, 0.05) is 37.1 Å². The molecule has 5 N–H and O–H groups in total. The lowest BCUT2D eigenvalue weighted by atomic mass is 10.0. The van der Waals surface area contributed by atoms with Crippen LogP contribution in [0, 0.1) is 11.8 Å². The zero-order valence-corrected chi connectivity index (χ0v) is 20.4. The Kier molecular flexibility index (Phi) is 7.49. The molecule has 4 rings (SSSR count). The van der Waals surface area contributed by atoms with Gasteiger partial charge in [-0.05, 0) is 66.8 Å². The van der Waals surface area contributed by atoms with Gasteiger partial charge in [0.1, 0.15) is 0 Å². The van der Waals surface area contributed by atoms with E-state index in [1.165, 1.54) is 0 Å². The fraction of sp³-hybridized carbons (Fsp3) is 0.192. The van der Waals surface area contributed by atoms with Crippen molar-refractivity contribution in [2.45, 2.75) is 13.3 Å². The fourth-order valence-corrected chi connectivity index (χ4v) is 3.76. The molecule has 3 amide bonds. The van der Waals surface area contributed by atoms with E-state index in [1.54, 1.807) is 55.3 Å². The number of anilines is 4. The van der Waals surface area contributed by atoms with Crippen molar-refractivity contribution in [2.75, 3.05) is 36.5 Å². The van der Waals surface area contributed by atoms with Crippen LogP contribution in [0.15, 0.2) is 54.6 Å². The molecule has 3 aromatic rings. The third-order valence-corrected chi connectivity index (χ3v) is 5.63. The van der Waals surface area contributed by atoms with Gasteiger partial charge in [-0.3, -0.25) is 9.59 Å². The van der Waals surface area contributed by atoms with Crippen LogP contribution in [0.1, 0.15) is 29.3 Å². The Morgan fingerprint density at radius 2 is 1.73 bits per heavy atom. The van der Waals surface area contributed by atoms with Crippen LogP contribution in [0.3, 0.4) is 0 Å². The molecular weight excluding hydrogens is 472 g/mol. The van der Waals surface area contributed by atoms with E-state index in [1.807, 2.05) is 12.1 Å². The summed E-state index contributed by atoms with van der Waals surface area (Å²) >= 11 is 0. The second kappa shape index (κ2) is 11.1. The van der Waals surface area contributed by atoms with Crippen LogP contribution in [0.4, 0.5) is 28.1 Å². The number of benzene rings is 2. The Bertz CT molecular complexity index is 1410. The number of carbonyl (C=O) groups is 3. The third kappa shape index (κ3) is 5.94. The van der Waals surface area contributed by atoms with Gasteiger partial charge in [-0.1, -0.05) is 24.1 Å². The molecule has 11 nitrogen and oxygen atoms in total. The summed E-state index contributed by atoms with van der Waals surface area (Å²) in [5, 5.41) is 12.4. The predicted octanol–water partition coefficient (Wildman–Crippen LogP) is 2.68. The van der Waals surface area contributed by atoms with E-state index in [4.69, 9.17) is 5.73 Å². The van der Waals surface area contributed by atoms with Crippen molar-refractivity contribution < 1.29 is 14.4 Å². The highest BCUT2D eigenvalue weighted by molar-refractivity contribution is 5.95. The molecule has 1 aliphatic rings. The fourth-order valence-electron chi connectivity index (χ4n) is 3.76. The van der Waals surface area contributed by atoms with Crippen molar-refractivity contribution in [3.8, 4) is 11.8 Å². The molecule has 2 heterocycles.